The van der Waals surface area contributed by atoms with E-state index in [-0.39, 0.29) is 0 Å². The van der Waals surface area contributed by atoms with Crippen molar-refractivity contribution in [1.29, 1.82) is 0 Å². The van der Waals surface area contributed by atoms with Gasteiger partial charge in [-0.1, -0.05) is 33.3 Å². The fraction of sp³-hybridized carbons (Fsp3) is 0.727. The number of hydrogen-bond acceptors (Lipinski definition) is 4. The molecule has 1 saturated heterocycles. The third-order valence-electron chi connectivity index (χ3n) is 4.82. The quantitative estimate of drug-likeness (QED) is 0.858. The number of phenols is 1. The molecule has 26 heavy (non-hydrogen) atoms. The number of aromatic hydroxyl groups is 1. The van der Waals surface area contributed by atoms with Crippen molar-refractivity contribution in [3.63, 3.8) is 0 Å². The highest BCUT2D eigenvalue weighted by molar-refractivity contribution is 5.36. The lowest BCUT2D eigenvalue weighted by atomic mass is 9.99. The zero-order valence-corrected chi connectivity index (χ0v) is 17.7. The monoisotopic (exact) mass is 363 g/mol. The van der Waals surface area contributed by atoms with Gasteiger partial charge >= 0.3 is 0 Å². The summed E-state index contributed by atoms with van der Waals surface area (Å²) in [5.74, 6) is 1.33. The standard InChI is InChI=1S/C10H22N2.C9H11NO.C3H8/c1-10-4-6-12(7-5-10)9-8-11(2)3;11-9-2-1-7-3-4-10-6-8(7)5-9;1-3-2/h10H,4-9H2,1-3H3;1-2,5,10-11H,3-4,6H2;3H2,1-2H3. The van der Waals surface area contributed by atoms with Crippen LogP contribution in [0.1, 0.15) is 51.2 Å². The SMILES string of the molecule is CC1CCN(CCN(C)C)CC1.CCC.Oc1ccc2c(c1)CNCC2. The number of likely N-dealkylation sites (tertiary alicyclic amines) is 1. The van der Waals surface area contributed by atoms with Crippen LogP contribution >= 0.6 is 0 Å². The minimum atomic E-state index is 0.368. The Labute approximate surface area is 161 Å². The molecule has 2 aliphatic heterocycles. The summed E-state index contributed by atoms with van der Waals surface area (Å²) >= 11 is 0. The topological polar surface area (TPSA) is 38.7 Å². The first kappa shape index (κ1) is 22.9. The Morgan fingerprint density at radius 1 is 1.15 bits per heavy atom. The summed E-state index contributed by atoms with van der Waals surface area (Å²) in [6.45, 7) is 13.6. The largest absolute Gasteiger partial charge is 0.508 e. The van der Waals surface area contributed by atoms with Crippen molar-refractivity contribution in [2.24, 2.45) is 5.92 Å². The van der Waals surface area contributed by atoms with E-state index >= 15 is 0 Å². The number of hydrogen-bond donors (Lipinski definition) is 2. The molecule has 2 aliphatic rings. The third kappa shape index (κ3) is 9.56. The molecule has 0 amide bonds. The van der Waals surface area contributed by atoms with E-state index in [0.717, 1.165) is 25.4 Å². The fourth-order valence-electron chi connectivity index (χ4n) is 3.09. The number of phenolic OH excluding ortho intramolecular Hbond substituents is 1. The van der Waals surface area contributed by atoms with Gasteiger partial charge in [0.05, 0.1) is 0 Å². The number of fused-ring (bicyclic) bond motifs is 1. The predicted octanol–water partition coefficient (Wildman–Crippen LogP) is 3.73. The number of piperidine rings is 1. The van der Waals surface area contributed by atoms with E-state index in [1.54, 1.807) is 6.07 Å². The highest BCUT2D eigenvalue weighted by Crippen LogP contribution is 2.19. The molecule has 0 spiro atoms. The molecule has 0 aromatic heterocycles. The molecular formula is C22H41N3O. The second-order valence-corrected chi connectivity index (χ2v) is 7.91. The van der Waals surface area contributed by atoms with Crippen molar-refractivity contribution in [2.75, 3.05) is 46.8 Å². The lowest BCUT2D eigenvalue weighted by molar-refractivity contribution is 0.177. The Morgan fingerprint density at radius 3 is 2.42 bits per heavy atom. The van der Waals surface area contributed by atoms with Gasteiger partial charge in [-0.15, -0.1) is 0 Å². The Balaban J connectivity index is 0.000000227. The van der Waals surface area contributed by atoms with E-state index in [1.165, 1.54) is 56.6 Å². The van der Waals surface area contributed by atoms with Gasteiger partial charge < -0.3 is 20.2 Å². The van der Waals surface area contributed by atoms with Gasteiger partial charge in [-0.3, -0.25) is 0 Å². The maximum atomic E-state index is 9.16. The van der Waals surface area contributed by atoms with Crippen molar-refractivity contribution in [3.8, 4) is 5.75 Å². The minimum absolute atomic E-state index is 0.368. The number of nitrogens with one attached hydrogen (secondary N) is 1. The van der Waals surface area contributed by atoms with Gasteiger partial charge in [0.2, 0.25) is 0 Å². The van der Waals surface area contributed by atoms with Crippen LogP contribution in [0.15, 0.2) is 18.2 Å². The molecule has 4 nitrogen and oxygen atoms in total. The highest BCUT2D eigenvalue weighted by atomic mass is 16.3. The van der Waals surface area contributed by atoms with Crippen LogP contribution in [0, 0.1) is 5.92 Å². The molecule has 0 radical (unpaired) electrons. The molecule has 0 saturated carbocycles. The van der Waals surface area contributed by atoms with E-state index in [9.17, 15) is 0 Å². The zero-order valence-electron chi connectivity index (χ0n) is 17.7. The minimum Gasteiger partial charge on any atom is -0.508 e. The Bertz CT molecular complexity index is 482. The highest BCUT2D eigenvalue weighted by Gasteiger charge is 2.14. The van der Waals surface area contributed by atoms with Crippen LogP contribution in [-0.2, 0) is 13.0 Å². The molecule has 0 bridgehead atoms. The summed E-state index contributed by atoms with van der Waals surface area (Å²) < 4.78 is 0. The summed E-state index contributed by atoms with van der Waals surface area (Å²) in [5.41, 5.74) is 2.60. The van der Waals surface area contributed by atoms with Crippen molar-refractivity contribution in [2.45, 2.75) is 53.0 Å². The average molecular weight is 364 g/mol. The smallest absolute Gasteiger partial charge is 0.115 e. The van der Waals surface area contributed by atoms with E-state index in [2.05, 4.69) is 50.0 Å². The van der Waals surface area contributed by atoms with Gasteiger partial charge in [-0.25, -0.2) is 0 Å². The summed E-state index contributed by atoms with van der Waals surface area (Å²) in [6.07, 6.45) is 5.12. The summed E-state index contributed by atoms with van der Waals surface area (Å²) in [4.78, 5) is 4.85. The van der Waals surface area contributed by atoms with Gasteiger partial charge in [0, 0.05) is 19.6 Å². The molecule has 1 aromatic carbocycles. The van der Waals surface area contributed by atoms with E-state index in [0.29, 0.717) is 5.75 Å². The lowest BCUT2D eigenvalue weighted by Crippen LogP contribution is -2.37. The fourth-order valence-corrected chi connectivity index (χ4v) is 3.09. The normalized spacial score (nSPS) is 17.6. The Hall–Kier alpha value is -1.10. The summed E-state index contributed by atoms with van der Waals surface area (Å²) in [7, 11) is 4.29. The first-order valence-corrected chi connectivity index (χ1v) is 10.3. The van der Waals surface area contributed by atoms with Crippen molar-refractivity contribution >= 4 is 0 Å². The van der Waals surface area contributed by atoms with Crippen LogP contribution in [0.5, 0.6) is 5.75 Å². The summed E-state index contributed by atoms with van der Waals surface area (Å²) in [6, 6.07) is 5.59. The molecule has 0 aliphatic carbocycles. The molecule has 1 aromatic rings. The third-order valence-corrected chi connectivity index (χ3v) is 4.82. The number of rotatable bonds is 3. The van der Waals surface area contributed by atoms with E-state index < -0.39 is 0 Å². The lowest BCUT2D eigenvalue weighted by Gasteiger charge is -2.30. The number of nitrogens with zero attached hydrogens (tertiary/aromatic N) is 2. The second kappa shape index (κ2) is 13.1. The van der Waals surface area contributed by atoms with Gasteiger partial charge in [-0.05, 0) is 82.2 Å². The number of benzene rings is 1. The second-order valence-electron chi connectivity index (χ2n) is 7.91. The average Bonchev–Trinajstić information content (AvgIpc) is 2.62. The van der Waals surface area contributed by atoms with E-state index in [4.69, 9.17) is 5.11 Å². The molecular weight excluding hydrogens is 322 g/mol. The Morgan fingerprint density at radius 2 is 1.81 bits per heavy atom. The van der Waals surface area contributed by atoms with Crippen molar-refractivity contribution in [1.82, 2.24) is 15.1 Å². The van der Waals surface area contributed by atoms with Crippen molar-refractivity contribution < 1.29 is 5.11 Å². The molecule has 3 rings (SSSR count). The molecule has 1 fully saturated rings. The number of likely N-dealkylation sites (N-methyl/N-ethyl adjacent to an activating group) is 1. The molecule has 2 heterocycles. The zero-order chi connectivity index (χ0) is 19.4. The van der Waals surface area contributed by atoms with Crippen LogP contribution in [0.3, 0.4) is 0 Å². The molecule has 4 heteroatoms. The van der Waals surface area contributed by atoms with Crippen LogP contribution < -0.4 is 5.32 Å². The first-order valence-electron chi connectivity index (χ1n) is 10.3. The van der Waals surface area contributed by atoms with Gasteiger partial charge in [0.1, 0.15) is 5.75 Å². The molecule has 2 N–H and O–H groups in total. The van der Waals surface area contributed by atoms with Crippen LogP contribution in [0.2, 0.25) is 0 Å². The predicted molar refractivity (Wildman–Crippen MR) is 113 cm³/mol. The van der Waals surface area contributed by atoms with Crippen LogP contribution in [-0.4, -0.2) is 61.7 Å². The van der Waals surface area contributed by atoms with Crippen molar-refractivity contribution in [3.05, 3.63) is 29.3 Å². The summed E-state index contributed by atoms with van der Waals surface area (Å²) in [5, 5.41) is 12.4. The molecule has 0 atom stereocenters. The van der Waals surface area contributed by atoms with E-state index in [1.807, 2.05) is 12.1 Å². The maximum Gasteiger partial charge on any atom is 0.115 e. The van der Waals surface area contributed by atoms with Crippen LogP contribution in [0.25, 0.3) is 0 Å². The maximum absolute atomic E-state index is 9.16. The Kier molecular flexibility index (Phi) is 11.6. The molecule has 150 valence electrons. The van der Waals surface area contributed by atoms with Gasteiger partial charge in [0.15, 0.2) is 0 Å². The first-order chi connectivity index (χ1) is 12.5. The van der Waals surface area contributed by atoms with Gasteiger partial charge in [0.25, 0.3) is 0 Å². The van der Waals surface area contributed by atoms with Crippen LogP contribution in [0.4, 0.5) is 0 Å². The van der Waals surface area contributed by atoms with Gasteiger partial charge in [-0.2, -0.15) is 0 Å². The molecule has 0 unspecified atom stereocenters.